The molecular formula is C21H31BClNO5. The monoisotopic (exact) mass is 423 g/mol. The van der Waals surface area contributed by atoms with Gasteiger partial charge in [-0.2, -0.15) is 0 Å². The second kappa shape index (κ2) is 8.58. The summed E-state index contributed by atoms with van der Waals surface area (Å²) in [5.41, 5.74) is -0.165. The lowest BCUT2D eigenvalue weighted by Crippen LogP contribution is -2.41. The summed E-state index contributed by atoms with van der Waals surface area (Å²) < 4.78 is 23.0. The number of halogens is 1. The van der Waals surface area contributed by atoms with Gasteiger partial charge < -0.3 is 24.1 Å². The Labute approximate surface area is 179 Å². The van der Waals surface area contributed by atoms with Gasteiger partial charge in [-0.3, -0.25) is 0 Å². The average molecular weight is 424 g/mol. The summed E-state index contributed by atoms with van der Waals surface area (Å²) in [4.78, 5) is 12.2. The van der Waals surface area contributed by atoms with E-state index in [0.29, 0.717) is 16.2 Å². The van der Waals surface area contributed by atoms with Crippen molar-refractivity contribution < 1.29 is 23.6 Å². The Morgan fingerprint density at radius 3 is 2.31 bits per heavy atom. The number of amides is 1. The number of benzene rings is 1. The number of carbonyl (C=O) groups excluding carboxylic acids is 1. The maximum Gasteiger partial charge on any atom is 0.492 e. The van der Waals surface area contributed by atoms with E-state index in [1.807, 2.05) is 60.6 Å². The lowest BCUT2D eigenvalue weighted by Gasteiger charge is -2.32. The summed E-state index contributed by atoms with van der Waals surface area (Å²) in [7, 11) is 0.952. The third-order valence-corrected chi connectivity index (χ3v) is 5.28. The molecule has 1 aromatic carbocycles. The standard InChI is InChI=1S/C21H31BClNO5/c1-19(2,3)27-18(25)24-13-15(22-28-20(4,5)21(6,7)29-22)11-14-12-16(26-8)9-10-17(14)23/h9-12H,13H2,1-8H3,(H,24,25). The predicted octanol–water partition coefficient (Wildman–Crippen LogP) is 4.89. The zero-order valence-electron chi connectivity index (χ0n) is 18.5. The number of rotatable bonds is 5. The second-order valence-corrected chi connectivity index (χ2v) is 9.46. The van der Waals surface area contributed by atoms with Gasteiger partial charge in [0.2, 0.25) is 0 Å². The molecular weight excluding hydrogens is 392 g/mol. The van der Waals surface area contributed by atoms with E-state index in [9.17, 15) is 4.79 Å². The third kappa shape index (κ3) is 6.14. The summed E-state index contributed by atoms with van der Waals surface area (Å²) in [5, 5.41) is 3.33. The van der Waals surface area contributed by atoms with Crippen molar-refractivity contribution >= 4 is 30.9 Å². The molecule has 1 saturated heterocycles. The fourth-order valence-corrected chi connectivity index (χ4v) is 2.82. The maximum atomic E-state index is 12.2. The zero-order valence-corrected chi connectivity index (χ0v) is 19.3. The topological polar surface area (TPSA) is 66.0 Å². The van der Waals surface area contributed by atoms with Crippen LogP contribution in [0, 0.1) is 0 Å². The van der Waals surface area contributed by atoms with Gasteiger partial charge in [-0.05, 0) is 77.7 Å². The molecule has 1 fully saturated rings. The maximum absolute atomic E-state index is 12.2. The number of carbonyl (C=O) groups is 1. The van der Waals surface area contributed by atoms with Crippen molar-refractivity contribution in [1.29, 1.82) is 0 Å². The van der Waals surface area contributed by atoms with E-state index in [0.717, 1.165) is 5.56 Å². The zero-order chi connectivity index (χ0) is 22.0. The number of methoxy groups -OCH3 is 1. The van der Waals surface area contributed by atoms with Gasteiger partial charge in [-0.25, -0.2) is 4.79 Å². The fourth-order valence-electron chi connectivity index (χ4n) is 2.64. The van der Waals surface area contributed by atoms with Crippen LogP contribution in [-0.4, -0.2) is 43.7 Å². The van der Waals surface area contributed by atoms with Crippen LogP contribution in [0.5, 0.6) is 5.75 Å². The van der Waals surface area contributed by atoms with E-state index in [1.54, 1.807) is 19.2 Å². The molecule has 0 aromatic heterocycles. The molecule has 2 rings (SSSR count). The normalized spacial score (nSPS) is 18.5. The van der Waals surface area contributed by atoms with Crippen LogP contribution in [0.3, 0.4) is 0 Å². The van der Waals surface area contributed by atoms with Crippen LogP contribution >= 0.6 is 11.6 Å². The van der Waals surface area contributed by atoms with Gasteiger partial charge in [0.15, 0.2) is 0 Å². The quantitative estimate of drug-likeness (QED) is 0.683. The Hall–Kier alpha value is -1.70. The molecule has 160 valence electrons. The van der Waals surface area contributed by atoms with E-state index in [-0.39, 0.29) is 6.54 Å². The van der Waals surface area contributed by atoms with Crippen LogP contribution in [0.25, 0.3) is 6.08 Å². The summed E-state index contributed by atoms with van der Waals surface area (Å²) in [6, 6.07) is 5.36. The minimum Gasteiger partial charge on any atom is -0.497 e. The Morgan fingerprint density at radius 2 is 1.79 bits per heavy atom. The van der Waals surface area contributed by atoms with E-state index < -0.39 is 30.0 Å². The SMILES string of the molecule is COc1ccc(Cl)c(C=C(CNC(=O)OC(C)(C)C)B2OC(C)(C)C(C)(C)O2)c1. The van der Waals surface area contributed by atoms with E-state index >= 15 is 0 Å². The molecule has 1 aliphatic heterocycles. The first-order valence-corrected chi connectivity index (χ1v) is 9.98. The summed E-state index contributed by atoms with van der Waals surface area (Å²) >= 11 is 6.37. The van der Waals surface area contributed by atoms with Crippen LogP contribution in [0.15, 0.2) is 23.7 Å². The molecule has 1 heterocycles. The van der Waals surface area contributed by atoms with E-state index in [1.165, 1.54) is 0 Å². The molecule has 1 aliphatic rings. The Bertz CT molecular complexity index is 770. The molecule has 1 amide bonds. The highest BCUT2D eigenvalue weighted by Crippen LogP contribution is 2.39. The van der Waals surface area contributed by atoms with Crippen LogP contribution in [0.1, 0.15) is 54.0 Å². The van der Waals surface area contributed by atoms with Crippen molar-refractivity contribution in [3.8, 4) is 5.75 Å². The molecule has 0 saturated carbocycles. The van der Waals surface area contributed by atoms with Gasteiger partial charge in [-0.1, -0.05) is 17.7 Å². The van der Waals surface area contributed by atoms with Gasteiger partial charge >= 0.3 is 13.2 Å². The summed E-state index contributed by atoms with van der Waals surface area (Å²) in [6.45, 7) is 13.5. The molecule has 0 unspecified atom stereocenters. The Balaban J connectivity index is 2.33. The minimum absolute atomic E-state index is 0.180. The van der Waals surface area contributed by atoms with E-state index in [4.69, 9.17) is 30.4 Å². The Kier molecular flexibility index (Phi) is 6.98. The molecule has 0 atom stereocenters. The molecule has 1 N–H and O–H groups in total. The number of ether oxygens (including phenoxy) is 2. The smallest absolute Gasteiger partial charge is 0.492 e. The number of hydrogen-bond donors (Lipinski definition) is 1. The number of nitrogens with one attached hydrogen (secondary N) is 1. The van der Waals surface area contributed by atoms with Crippen LogP contribution in [0.2, 0.25) is 5.02 Å². The van der Waals surface area contributed by atoms with Crippen molar-refractivity contribution in [3.05, 3.63) is 34.3 Å². The highest BCUT2D eigenvalue weighted by molar-refractivity contribution is 6.56. The first kappa shape index (κ1) is 23.6. The molecule has 0 spiro atoms. The van der Waals surface area contributed by atoms with Gasteiger partial charge in [0.25, 0.3) is 0 Å². The van der Waals surface area contributed by atoms with Crippen molar-refractivity contribution in [3.63, 3.8) is 0 Å². The molecule has 0 aliphatic carbocycles. The molecule has 1 aromatic rings. The number of alkyl carbamates (subject to hydrolysis) is 1. The Morgan fingerprint density at radius 1 is 1.21 bits per heavy atom. The summed E-state index contributed by atoms with van der Waals surface area (Å²) in [6.07, 6.45) is 1.33. The van der Waals surface area contributed by atoms with Gasteiger partial charge in [0.05, 0.1) is 18.3 Å². The average Bonchev–Trinajstić information content (AvgIpc) is 2.79. The molecule has 6 nitrogen and oxygen atoms in total. The highest BCUT2D eigenvalue weighted by atomic mass is 35.5. The van der Waals surface area contributed by atoms with Crippen LogP contribution in [0.4, 0.5) is 4.79 Å². The van der Waals surface area contributed by atoms with E-state index in [2.05, 4.69) is 5.32 Å². The lowest BCUT2D eigenvalue weighted by molar-refractivity contribution is 0.00578. The summed E-state index contributed by atoms with van der Waals surface area (Å²) in [5.74, 6) is 0.675. The van der Waals surface area contributed by atoms with Crippen LogP contribution < -0.4 is 10.1 Å². The van der Waals surface area contributed by atoms with Gasteiger partial charge in [0, 0.05) is 11.6 Å². The molecule has 29 heavy (non-hydrogen) atoms. The molecule has 8 heteroatoms. The molecule has 0 bridgehead atoms. The predicted molar refractivity (Wildman–Crippen MR) is 116 cm³/mol. The first-order chi connectivity index (χ1) is 13.2. The first-order valence-electron chi connectivity index (χ1n) is 9.60. The van der Waals surface area contributed by atoms with Crippen molar-refractivity contribution in [2.24, 2.45) is 0 Å². The molecule has 0 radical (unpaired) electrons. The minimum atomic E-state index is -0.641. The number of hydrogen-bond acceptors (Lipinski definition) is 5. The highest BCUT2D eigenvalue weighted by Gasteiger charge is 2.52. The fraction of sp³-hybridized carbons (Fsp3) is 0.571. The van der Waals surface area contributed by atoms with Crippen molar-refractivity contribution in [1.82, 2.24) is 5.32 Å². The van der Waals surface area contributed by atoms with Crippen molar-refractivity contribution in [2.45, 2.75) is 65.3 Å². The van der Waals surface area contributed by atoms with Crippen molar-refractivity contribution in [2.75, 3.05) is 13.7 Å². The largest absolute Gasteiger partial charge is 0.497 e. The van der Waals surface area contributed by atoms with Crippen LogP contribution in [-0.2, 0) is 14.0 Å². The van der Waals surface area contributed by atoms with Gasteiger partial charge in [0.1, 0.15) is 11.4 Å². The third-order valence-electron chi connectivity index (χ3n) is 4.94. The second-order valence-electron chi connectivity index (χ2n) is 9.05. The van der Waals surface area contributed by atoms with Gasteiger partial charge in [-0.15, -0.1) is 0 Å². The lowest BCUT2D eigenvalue weighted by atomic mass is 9.77.